The smallest absolute Gasteiger partial charge is 0.241 e. The number of hydrogen-bond acceptors (Lipinski definition) is 4. The number of halogens is 1. The normalized spacial score (nSPS) is 17.3. The second-order valence-corrected chi connectivity index (χ2v) is 8.37. The first-order chi connectivity index (χ1) is 11.4. The number of carbonyl (C=O) groups excluding carboxylic acids is 1. The summed E-state index contributed by atoms with van der Waals surface area (Å²) in [5, 5.41) is 0. The predicted octanol–water partition coefficient (Wildman–Crippen LogP) is 3.54. The van der Waals surface area contributed by atoms with Crippen molar-refractivity contribution in [2.24, 2.45) is 0 Å². The second kappa shape index (κ2) is 6.66. The summed E-state index contributed by atoms with van der Waals surface area (Å²) in [5.74, 6) is 0.0997. The Balaban J connectivity index is 1.93. The molecule has 1 aliphatic rings. The van der Waals surface area contributed by atoms with Crippen LogP contribution in [0.25, 0.3) is 0 Å². The van der Waals surface area contributed by atoms with Gasteiger partial charge in [-0.05, 0) is 42.9 Å². The van der Waals surface area contributed by atoms with E-state index < -0.39 is 16.1 Å². The maximum atomic E-state index is 13.9. The van der Waals surface area contributed by atoms with Gasteiger partial charge in [-0.3, -0.25) is 4.79 Å². The van der Waals surface area contributed by atoms with E-state index in [1.165, 1.54) is 43.0 Å². The molecule has 0 bridgehead atoms. The Kier molecular flexibility index (Phi) is 4.76. The largest absolute Gasteiger partial charge is 0.295 e. The van der Waals surface area contributed by atoms with Crippen molar-refractivity contribution < 1.29 is 17.6 Å². The maximum absolute atomic E-state index is 13.9. The van der Waals surface area contributed by atoms with E-state index >= 15 is 0 Å². The van der Waals surface area contributed by atoms with Crippen molar-refractivity contribution in [2.75, 3.05) is 5.75 Å². The van der Waals surface area contributed by atoms with E-state index in [-0.39, 0.29) is 16.5 Å². The van der Waals surface area contributed by atoms with Gasteiger partial charge in [0.2, 0.25) is 10.0 Å². The van der Waals surface area contributed by atoms with Gasteiger partial charge in [-0.2, -0.15) is 0 Å². The fourth-order valence-electron chi connectivity index (χ4n) is 2.65. The van der Waals surface area contributed by atoms with Crippen molar-refractivity contribution in [3.05, 3.63) is 59.4 Å². The molecule has 1 atom stereocenters. The summed E-state index contributed by atoms with van der Waals surface area (Å²) in [6, 6.07) is 10.1. The first-order valence-corrected chi connectivity index (χ1v) is 9.90. The molecule has 2 aromatic carbocycles. The highest BCUT2D eigenvalue weighted by Gasteiger charge is 2.27. The number of ketones is 1. The lowest BCUT2D eigenvalue weighted by atomic mass is 10.0. The van der Waals surface area contributed by atoms with Crippen LogP contribution in [0.2, 0.25) is 0 Å². The van der Waals surface area contributed by atoms with E-state index in [2.05, 4.69) is 4.72 Å². The van der Waals surface area contributed by atoms with Crippen molar-refractivity contribution in [2.45, 2.75) is 29.2 Å². The SMILES string of the molecule is CC(=O)c1cccc(S(=O)(=O)N[C@H]2CCSc3c(F)cccc32)c1. The van der Waals surface area contributed by atoms with Gasteiger partial charge in [0.15, 0.2) is 5.78 Å². The highest BCUT2D eigenvalue weighted by molar-refractivity contribution is 7.99. The van der Waals surface area contributed by atoms with E-state index in [9.17, 15) is 17.6 Å². The lowest BCUT2D eigenvalue weighted by Gasteiger charge is -2.26. The van der Waals surface area contributed by atoms with Crippen LogP contribution in [0.5, 0.6) is 0 Å². The highest BCUT2D eigenvalue weighted by Crippen LogP contribution is 2.38. The van der Waals surface area contributed by atoms with Crippen molar-refractivity contribution >= 4 is 27.6 Å². The molecular formula is C17H16FNO3S2. The molecule has 0 fully saturated rings. The van der Waals surface area contributed by atoms with Crippen LogP contribution in [-0.4, -0.2) is 20.0 Å². The topological polar surface area (TPSA) is 63.2 Å². The van der Waals surface area contributed by atoms with Crippen LogP contribution < -0.4 is 4.72 Å². The Labute approximate surface area is 144 Å². The summed E-state index contributed by atoms with van der Waals surface area (Å²) in [5.41, 5.74) is 0.987. The van der Waals surface area contributed by atoms with Crippen LogP contribution >= 0.6 is 11.8 Å². The van der Waals surface area contributed by atoms with Gasteiger partial charge in [-0.15, -0.1) is 11.8 Å². The number of nitrogens with one attached hydrogen (secondary N) is 1. The minimum absolute atomic E-state index is 0.0337. The number of carbonyl (C=O) groups is 1. The molecule has 0 aliphatic carbocycles. The average Bonchev–Trinajstić information content (AvgIpc) is 2.56. The minimum Gasteiger partial charge on any atom is -0.295 e. The number of rotatable bonds is 4. The first-order valence-electron chi connectivity index (χ1n) is 7.43. The Hall–Kier alpha value is -1.70. The molecule has 24 heavy (non-hydrogen) atoms. The molecular weight excluding hydrogens is 349 g/mol. The third-order valence-electron chi connectivity index (χ3n) is 3.87. The monoisotopic (exact) mass is 365 g/mol. The molecule has 0 amide bonds. The molecule has 0 spiro atoms. The Morgan fingerprint density at radius 1 is 1.25 bits per heavy atom. The fourth-order valence-corrected chi connectivity index (χ4v) is 5.08. The van der Waals surface area contributed by atoms with E-state index in [0.29, 0.717) is 28.2 Å². The minimum atomic E-state index is -3.81. The van der Waals surface area contributed by atoms with Gasteiger partial charge in [-0.1, -0.05) is 24.3 Å². The third kappa shape index (κ3) is 3.38. The first kappa shape index (κ1) is 17.1. The molecule has 2 aromatic rings. The van der Waals surface area contributed by atoms with Gasteiger partial charge < -0.3 is 0 Å². The molecule has 4 nitrogen and oxygen atoms in total. The van der Waals surface area contributed by atoms with Crippen molar-refractivity contribution in [1.82, 2.24) is 4.72 Å². The van der Waals surface area contributed by atoms with Gasteiger partial charge in [0.05, 0.1) is 4.90 Å². The summed E-state index contributed by atoms with van der Waals surface area (Å²) in [6.45, 7) is 1.39. The van der Waals surface area contributed by atoms with E-state index in [4.69, 9.17) is 0 Å². The van der Waals surface area contributed by atoms with Crippen LogP contribution in [-0.2, 0) is 10.0 Å². The maximum Gasteiger partial charge on any atom is 0.241 e. The molecule has 3 rings (SSSR count). The van der Waals surface area contributed by atoms with E-state index in [1.807, 2.05) is 0 Å². The van der Waals surface area contributed by atoms with Gasteiger partial charge in [0.1, 0.15) is 5.82 Å². The third-order valence-corrected chi connectivity index (χ3v) is 6.50. The van der Waals surface area contributed by atoms with Crippen LogP contribution in [0.3, 0.4) is 0 Å². The predicted molar refractivity (Wildman–Crippen MR) is 91.3 cm³/mol. The van der Waals surface area contributed by atoms with Gasteiger partial charge >= 0.3 is 0 Å². The number of sulfonamides is 1. The molecule has 1 aliphatic heterocycles. The van der Waals surface area contributed by atoms with Crippen LogP contribution in [0.15, 0.2) is 52.3 Å². The molecule has 1 N–H and O–H groups in total. The molecule has 1 heterocycles. The van der Waals surface area contributed by atoms with Crippen molar-refractivity contribution in [1.29, 1.82) is 0 Å². The summed E-state index contributed by atoms with van der Waals surface area (Å²) in [4.78, 5) is 12.0. The number of hydrogen-bond donors (Lipinski definition) is 1. The molecule has 0 radical (unpaired) electrons. The van der Waals surface area contributed by atoms with Crippen molar-refractivity contribution in [3.8, 4) is 0 Å². The molecule has 126 valence electrons. The van der Waals surface area contributed by atoms with Gasteiger partial charge in [-0.25, -0.2) is 17.5 Å². The zero-order chi connectivity index (χ0) is 17.3. The zero-order valence-electron chi connectivity index (χ0n) is 13.0. The van der Waals surface area contributed by atoms with Crippen molar-refractivity contribution in [3.63, 3.8) is 0 Å². The lowest BCUT2D eigenvalue weighted by molar-refractivity contribution is 0.101. The summed E-state index contributed by atoms with van der Waals surface area (Å²) >= 11 is 1.39. The summed E-state index contributed by atoms with van der Waals surface area (Å²) in [7, 11) is -3.81. The van der Waals surface area contributed by atoms with Crippen LogP contribution in [0.4, 0.5) is 4.39 Å². The highest BCUT2D eigenvalue weighted by atomic mass is 32.2. The Morgan fingerprint density at radius 3 is 2.75 bits per heavy atom. The van der Waals surface area contributed by atoms with Gasteiger partial charge in [0, 0.05) is 16.5 Å². The molecule has 0 saturated carbocycles. The molecule has 0 saturated heterocycles. The quantitative estimate of drug-likeness (QED) is 0.842. The van der Waals surface area contributed by atoms with Crippen LogP contribution in [0, 0.1) is 5.82 Å². The average molecular weight is 365 g/mol. The number of benzene rings is 2. The van der Waals surface area contributed by atoms with E-state index in [1.54, 1.807) is 18.2 Å². The number of fused-ring (bicyclic) bond motifs is 1. The summed E-state index contributed by atoms with van der Waals surface area (Å²) < 4.78 is 41.8. The molecule has 0 aromatic heterocycles. The molecule has 0 unspecified atom stereocenters. The molecule has 7 heteroatoms. The second-order valence-electron chi connectivity index (χ2n) is 5.55. The number of thioether (sulfide) groups is 1. The standard InChI is InChI=1S/C17H16FNO3S2/c1-11(20)12-4-2-5-13(10-12)24(21,22)19-16-8-9-23-17-14(16)6-3-7-15(17)18/h2-7,10,16,19H,8-9H2,1H3/t16-/m0/s1. The number of Topliss-reactive ketones (excluding diaryl/α,β-unsaturated/α-hetero) is 1. The zero-order valence-corrected chi connectivity index (χ0v) is 14.6. The van der Waals surface area contributed by atoms with Crippen LogP contribution in [0.1, 0.15) is 35.3 Å². The van der Waals surface area contributed by atoms with Gasteiger partial charge in [0.25, 0.3) is 0 Å². The summed E-state index contributed by atoms with van der Waals surface area (Å²) in [6.07, 6.45) is 0.576. The Morgan fingerprint density at radius 2 is 2.00 bits per heavy atom. The fraction of sp³-hybridized carbons (Fsp3) is 0.235. The Bertz CT molecular complexity index is 896. The lowest BCUT2D eigenvalue weighted by Crippen LogP contribution is -2.31. The van der Waals surface area contributed by atoms with E-state index in [0.717, 1.165) is 0 Å².